The van der Waals surface area contributed by atoms with Gasteiger partial charge >= 0.3 is 0 Å². The zero-order chi connectivity index (χ0) is 11.1. The summed E-state index contributed by atoms with van der Waals surface area (Å²) in [5, 5.41) is 7.31. The predicted octanol–water partition coefficient (Wildman–Crippen LogP) is 2.25. The molecule has 0 bridgehead atoms. The van der Waals surface area contributed by atoms with Gasteiger partial charge in [0, 0.05) is 28.1 Å². The molecule has 0 aliphatic carbocycles. The van der Waals surface area contributed by atoms with Gasteiger partial charge in [-0.15, -0.1) is 0 Å². The summed E-state index contributed by atoms with van der Waals surface area (Å²) in [5.74, 6) is 1.42. The van der Waals surface area contributed by atoms with Crippen LogP contribution in [-0.2, 0) is 6.42 Å². The highest BCUT2D eigenvalue weighted by atomic mass is 35.5. The molecule has 0 saturated heterocycles. The van der Waals surface area contributed by atoms with Crippen molar-refractivity contribution in [3.63, 3.8) is 0 Å². The molecule has 0 fully saturated rings. The smallest absolute Gasteiger partial charge is 0.126 e. The van der Waals surface area contributed by atoms with Crippen LogP contribution in [0.1, 0.15) is 5.56 Å². The lowest BCUT2D eigenvalue weighted by molar-refractivity contribution is 0.357. The van der Waals surface area contributed by atoms with E-state index in [1.54, 1.807) is 6.20 Å². The van der Waals surface area contributed by atoms with Gasteiger partial charge in [-0.1, -0.05) is 11.6 Å². The van der Waals surface area contributed by atoms with Crippen molar-refractivity contribution in [2.45, 2.75) is 6.42 Å². The number of nitrogens with two attached hydrogens (primary N) is 1. The molecule has 3 N–H and O–H groups in total. The average Bonchev–Trinajstić information content (AvgIpc) is 2.87. The van der Waals surface area contributed by atoms with Crippen molar-refractivity contribution in [1.29, 1.82) is 0 Å². The first-order valence-electron chi connectivity index (χ1n) is 5.01. The van der Waals surface area contributed by atoms with Crippen LogP contribution in [0.2, 0.25) is 5.02 Å². The van der Waals surface area contributed by atoms with Gasteiger partial charge in [0.2, 0.25) is 0 Å². The highest BCUT2D eigenvalue weighted by Gasteiger charge is 2.21. The molecule has 1 aliphatic heterocycles. The van der Waals surface area contributed by atoms with E-state index in [-0.39, 0.29) is 0 Å². The Bertz CT molecular complexity index is 550. The highest BCUT2D eigenvalue weighted by molar-refractivity contribution is 6.33. The van der Waals surface area contributed by atoms with Gasteiger partial charge in [-0.3, -0.25) is 5.10 Å². The molecular weight excluding hydrogens is 226 g/mol. The normalized spacial score (nSPS) is 13.6. The van der Waals surface area contributed by atoms with E-state index in [9.17, 15) is 0 Å². The van der Waals surface area contributed by atoms with Crippen molar-refractivity contribution in [2.24, 2.45) is 0 Å². The van der Waals surface area contributed by atoms with E-state index in [0.717, 1.165) is 28.9 Å². The quantitative estimate of drug-likeness (QED) is 0.797. The number of aromatic nitrogens is 2. The molecule has 82 valence electrons. The Hall–Kier alpha value is -1.68. The van der Waals surface area contributed by atoms with E-state index in [1.807, 2.05) is 12.1 Å². The van der Waals surface area contributed by atoms with Gasteiger partial charge in [-0.05, 0) is 12.1 Å². The van der Waals surface area contributed by atoms with Crippen LogP contribution in [-0.4, -0.2) is 16.8 Å². The lowest BCUT2D eigenvalue weighted by Gasteiger charge is -2.08. The monoisotopic (exact) mass is 235 g/mol. The van der Waals surface area contributed by atoms with Gasteiger partial charge in [0.1, 0.15) is 11.6 Å². The molecule has 0 saturated carbocycles. The standard InChI is InChI=1S/C11H10ClN3O/c12-8-1-2-9-6(3-4-16-9)10(8)7-5-14-15-11(7)13/h1-2,5H,3-4H2,(H3,13,14,15). The molecule has 0 amide bonds. The Morgan fingerprint density at radius 2 is 2.31 bits per heavy atom. The fourth-order valence-electron chi connectivity index (χ4n) is 2.03. The summed E-state index contributed by atoms with van der Waals surface area (Å²) in [4.78, 5) is 0. The summed E-state index contributed by atoms with van der Waals surface area (Å²) in [6.45, 7) is 0.695. The summed E-state index contributed by atoms with van der Waals surface area (Å²) in [7, 11) is 0. The number of hydrogen-bond donors (Lipinski definition) is 2. The number of rotatable bonds is 1. The second kappa shape index (κ2) is 3.42. The highest BCUT2D eigenvalue weighted by Crippen LogP contribution is 2.41. The number of halogens is 1. The van der Waals surface area contributed by atoms with E-state index in [1.165, 1.54) is 0 Å². The first-order valence-corrected chi connectivity index (χ1v) is 5.38. The second-order valence-electron chi connectivity index (χ2n) is 3.69. The molecular formula is C11H10ClN3O. The maximum absolute atomic E-state index is 6.22. The van der Waals surface area contributed by atoms with Crippen molar-refractivity contribution in [2.75, 3.05) is 12.3 Å². The molecule has 5 heteroatoms. The van der Waals surface area contributed by atoms with Crippen molar-refractivity contribution in [3.05, 3.63) is 28.9 Å². The number of aromatic amines is 1. The molecule has 4 nitrogen and oxygen atoms in total. The third-order valence-corrected chi connectivity index (χ3v) is 3.08. The zero-order valence-corrected chi connectivity index (χ0v) is 9.21. The lowest BCUT2D eigenvalue weighted by atomic mass is 10.00. The number of benzene rings is 1. The van der Waals surface area contributed by atoms with Crippen LogP contribution >= 0.6 is 11.6 Å². The predicted molar refractivity (Wildman–Crippen MR) is 62.6 cm³/mol. The van der Waals surface area contributed by atoms with Crippen molar-refractivity contribution < 1.29 is 4.74 Å². The van der Waals surface area contributed by atoms with Crippen molar-refractivity contribution in [3.8, 4) is 16.9 Å². The molecule has 2 aromatic rings. The molecule has 1 aromatic carbocycles. The van der Waals surface area contributed by atoms with Crippen LogP contribution in [0.5, 0.6) is 5.75 Å². The van der Waals surface area contributed by atoms with Crippen LogP contribution in [0.3, 0.4) is 0 Å². The van der Waals surface area contributed by atoms with E-state index >= 15 is 0 Å². The van der Waals surface area contributed by atoms with Crippen LogP contribution < -0.4 is 10.5 Å². The summed E-state index contributed by atoms with van der Waals surface area (Å²) >= 11 is 6.22. The molecule has 0 spiro atoms. The number of nitrogens with one attached hydrogen (secondary N) is 1. The minimum absolute atomic E-state index is 0.530. The average molecular weight is 236 g/mol. The topological polar surface area (TPSA) is 63.9 Å². The van der Waals surface area contributed by atoms with Gasteiger partial charge in [0.05, 0.1) is 12.8 Å². The van der Waals surface area contributed by atoms with E-state index in [4.69, 9.17) is 22.1 Å². The maximum Gasteiger partial charge on any atom is 0.126 e. The van der Waals surface area contributed by atoms with Gasteiger partial charge in [0.15, 0.2) is 0 Å². The molecule has 16 heavy (non-hydrogen) atoms. The molecule has 3 rings (SSSR count). The summed E-state index contributed by atoms with van der Waals surface area (Å²) in [6, 6.07) is 3.72. The molecule has 1 aliphatic rings. The Labute approximate surface area is 97.4 Å². The van der Waals surface area contributed by atoms with Gasteiger partial charge in [0.25, 0.3) is 0 Å². The number of nitrogen functional groups attached to an aromatic ring is 1. The molecule has 1 aromatic heterocycles. The van der Waals surface area contributed by atoms with E-state index < -0.39 is 0 Å². The third kappa shape index (κ3) is 1.27. The van der Waals surface area contributed by atoms with Crippen LogP contribution in [0.4, 0.5) is 5.82 Å². The largest absolute Gasteiger partial charge is 0.493 e. The first-order chi connectivity index (χ1) is 7.77. The fourth-order valence-corrected chi connectivity index (χ4v) is 2.31. The summed E-state index contributed by atoms with van der Waals surface area (Å²) in [5.41, 5.74) is 8.70. The van der Waals surface area contributed by atoms with E-state index in [2.05, 4.69) is 10.2 Å². The van der Waals surface area contributed by atoms with Crippen LogP contribution in [0.25, 0.3) is 11.1 Å². The maximum atomic E-state index is 6.22. The van der Waals surface area contributed by atoms with Gasteiger partial charge in [-0.2, -0.15) is 5.10 Å². The van der Waals surface area contributed by atoms with Crippen LogP contribution in [0, 0.1) is 0 Å². The molecule has 0 atom stereocenters. The summed E-state index contributed by atoms with van der Waals surface area (Å²) < 4.78 is 5.50. The number of hydrogen-bond acceptors (Lipinski definition) is 3. The Kier molecular flexibility index (Phi) is 2.04. The second-order valence-corrected chi connectivity index (χ2v) is 4.10. The van der Waals surface area contributed by atoms with Gasteiger partial charge < -0.3 is 10.5 Å². The first kappa shape index (κ1) is 9.54. The Balaban J connectivity index is 2.28. The van der Waals surface area contributed by atoms with Crippen molar-refractivity contribution in [1.82, 2.24) is 10.2 Å². The molecule has 0 radical (unpaired) electrons. The lowest BCUT2D eigenvalue weighted by Crippen LogP contribution is -1.92. The molecule has 0 unspecified atom stereocenters. The van der Waals surface area contributed by atoms with Crippen LogP contribution in [0.15, 0.2) is 18.3 Å². The SMILES string of the molecule is Nc1[nH]ncc1-c1c(Cl)ccc2c1CCO2. The minimum Gasteiger partial charge on any atom is -0.493 e. The van der Waals surface area contributed by atoms with E-state index in [0.29, 0.717) is 17.4 Å². The summed E-state index contributed by atoms with van der Waals surface area (Å²) in [6.07, 6.45) is 2.55. The number of fused-ring (bicyclic) bond motifs is 1. The Morgan fingerprint density at radius 3 is 3.06 bits per heavy atom. The Morgan fingerprint density at radius 1 is 1.44 bits per heavy atom. The number of H-pyrrole nitrogens is 1. The fraction of sp³-hybridized carbons (Fsp3) is 0.182. The van der Waals surface area contributed by atoms with Crippen molar-refractivity contribution >= 4 is 17.4 Å². The molecule has 2 heterocycles. The minimum atomic E-state index is 0.530. The van der Waals surface area contributed by atoms with Gasteiger partial charge in [-0.25, -0.2) is 0 Å². The zero-order valence-electron chi connectivity index (χ0n) is 8.46. The number of anilines is 1. The third-order valence-electron chi connectivity index (χ3n) is 2.77. The number of nitrogens with zero attached hydrogens (tertiary/aromatic N) is 1. The number of ether oxygens (including phenoxy) is 1.